The number of carbonyl (C=O) groups is 2. The van der Waals surface area contributed by atoms with Gasteiger partial charge in [-0.15, -0.1) is 6.58 Å². The van der Waals surface area contributed by atoms with E-state index < -0.39 is 11.8 Å². The lowest BCUT2D eigenvalue weighted by atomic mass is 10.1. The summed E-state index contributed by atoms with van der Waals surface area (Å²) in [6.45, 7) is 7.28. The Balaban J connectivity index is 1.60. The van der Waals surface area contributed by atoms with Gasteiger partial charge < -0.3 is 24.9 Å². The van der Waals surface area contributed by atoms with Gasteiger partial charge in [0, 0.05) is 12.2 Å². The van der Waals surface area contributed by atoms with E-state index in [4.69, 9.17) is 4.42 Å². The van der Waals surface area contributed by atoms with Crippen molar-refractivity contribution in [3.05, 3.63) is 66.9 Å². The van der Waals surface area contributed by atoms with Gasteiger partial charge >= 0.3 is 11.8 Å². The molecule has 1 saturated heterocycles. The SMILES string of the molecule is C=CCNC(=O)C(=O)NC[C@H](c1ccco1)[NH+]1CCN(c2ccc(F)cc2)CC1. The van der Waals surface area contributed by atoms with Gasteiger partial charge in [0.2, 0.25) is 0 Å². The fourth-order valence-corrected chi connectivity index (χ4v) is 3.51. The molecule has 2 aromatic rings. The molecule has 29 heavy (non-hydrogen) atoms. The summed E-state index contributed by atoms with van der Waals surface area (Å²) in [5.74, 6) is -0.835. The van der Waals surface area contributed by atoms with Crippen molar-refractivity contribution in [2.75, 3.05) is 44.2 Å². The molecule has 0 spiro atoms. The zero-order valence-corrected chi connectivity index (χ0v) is 16.2. The van der Waals surface area contributed by atoms with Crippen LogP contribution < -0.4 is 20.4 Å². The highest BCUT2D eigenvalue weighted by Crippen LogP contribution is 2.16. The van der Waals surface area contributed by atoms with E-state index in [0.717, 1.165) is 37.6 Å². The quantitative estimate of drug-likeness (QED) is 0.460. The molecule has 3 N–H and O–H groups in total. The minimum atomic E-state index is -0.681. The van der Waals surface area contributed by atoms with Crippen LogP contribution in [-0.2, 0) is 9.59 Å². The maximum absolute atomic E-state index is 13.2. The number of rotatable bonds is 7. The Bertz CT molecular complexity index is 815. The van der Waals surface area contributed by atoms with E-state index in [2.05, 4.69) is 22.1 Å². The second kappa shape index (κ2) is 9.88. The first kappa shape index (κ1) is 20.6. The molecule has 8 heteroatoms. The first-order valence-electron chi connectivity index (χ1n) is 9.64. The number of halogens is 1. The van der Waals surface area contributed by atoms with Crippen LogP contribution in [0.25, 0.3) is 0 Å². The molecule has 0 saturated carbocycles. The smallest absolute Gasteiger partial charge is 0.309 e. The topological polar surface area (TPSA) is 79.0 Å². The van der Waals surface area contributed by atoms with Crippen molar-refractivity contribution in [1.29, 1.82) is 0 Å². The van der Waals surface area contributed by atoms with E-state index in [1.54, 1.807) is 18.4 Å². The Kier molecular flexibility index (Phi) is 7.02. The summed E-state index contributed by atoms with van der Waals surface area (Å²) in [5, 5.41) is 5.17. The summed E-state index contributed by atoms with van der Waals surface area (Å²) in [5.41, 5.74) is 0.993. The van der Waals surface area contributed by atoms with Crippen LogP contribution in [0, 0.1) is 5.82 Å². The van der Waals surface area contributed by atoms with E-state index in [1.165, 1.54) is 23.1 Å². The van der Waals surface area contributed by atoms with Gasteiger partial charge in [0.1, 0.15) is 5.82 Å². The van der Waals surface area contributed by atoms with E-state index in [1.807, 2.05) is 12.1 Å². The molecule has 0 unspecified atom stereocenters. The normalized spacial score (nSPS) is 15.6. The van der Waals surface area contributed by atoms with Crippen molar-refractivity contribution in [3.63, 3.8) is 0 Å². The second-order valence-corrected chi connectivity index (χ2v) is 6.90. The molecule has 3 rings (SSSR count). The van der Waals surface area contributed by atoms with Gasteiger partial charge in [-0.2, -0.15) is 0 Å². The first-order valence-corrected chi connectivity index (χ1v) is 9.64. The van der Waals surface area contributed by atoms with Gasteiger partial charge in [0.05, 0.1) is 39.0 Å². The largest absolute Gasteiger partial charge is 0.463 e. The van der Waals surface area contributed by atoms with Crippen LogP contribution in [0.4, 0.5) is 10.1 Å². The van der Waals surface area contributed by atoms with Crippen LogP contribution in [0.1, 0.15) is 11.8 Å². The number of hydrogen-bond donors (Lipinski definition) is 3. The lowest BCUT2D eigenvalue weighted by Crippen LogP contribution is -3.15. The number of nitrogens with one attached hydrogen (secondary N) is 3. The molecule has 2 amide bonds. The van der Waals surface area contributed by atoms with Gasteiger partial charge in [-0.3, -0.25) is 9.59 Å². The van der Waals surface area contributed by atoms with Crippen molar-refractivity contribution in [2.24, 2.45) is 0 Å². The summed E-state index contributed by atoms with van der Waals surface area (Å²) in [6, 6.07) is 10.1. The number of benzene rings is 1. The van der Waals surface area contributed by atoms with Crippen LogP contribution in [0.2, 0.25) is 0 Å². The van der Waals surface area contributed by atoms with Crippen molar-refractivity contribution < 1.29 is 23.3 Å². The van der Waals surface area contributed by atoms with Crippen LogP contribution in [0.15, 0.2) is 59.7 Å². The minimum absolute atomic E-state index is 0.100. The zero-order valence-electron chi connectivity index (χ0n) is 16.2. The molecule has 0 aliphatic carbocycles. The van der Waals surface area contributed by atoms with Crippen molar-refractivity contribution in [3.8, 4) is 0 Å². The highest BCUT2D eigenvalue weighted by atomic mass is 19.1. The van der Waals surface area contributed by atoms with Gasteiger partial charge in [0.25, 0.3) is 0 Å². The standard InChI is InChI=1S/C21H25FN4O3/c1-2-9-23-20(27)21(28)24-15-18(19-4-3-14-29-19)26-12-10-25(11-13-26)17-7-5-16(22)6-8-17/h2-8,14,18H,1,9-13,15H2,(H,23,27)(H,24,28)/p+1/t18-/m1/s1. The molecule has 1 aromatic carbocycles. The third-order valence-corrected chi connectivity index (χ3v) is 5.06. The van der Waals surface area contributed by atoms with E-state index in [0.29, 0.717) is 6.54 Å². The molecule has 0 bridgehead atoms. The molecular weight excluding hydrogens is 375 g/mol. The highest BCUT2D eigenvalue weighted by Gasteiger charge is 2.31. The minimum Gasteiger partial charge on any atom is -0.463 e. The van der Waals surface area contributed by atoms with Crippen LogP contribution in [0.3, 0.4) is 0 Å². The third-order valence-electron chi connectivity index (χ3n) is 5.06. The maximum Gasteiger partial charge on any atom is 0.309 e. The average Bonchev–Trinajstić information content (AvgIpc) is 3.27. The van der Waals surface area contributed by atoms with Gasteiger partial charge in [-0.25, -0.2) is 4.39 Å². The number of piperazine rings is 1. The molecule has 1 aromatic heterocycles. The molecule has 0 radical (unpaired) electrons. The van der Waals surface area contributed by atoms with E-state index in [-0.39, 0.29) is 18.4 Å². The first-order chi connectivity index (χ1) is 14.1. The number of nitrogens with zero attached hydrogens (tertiary/aromatic N) is 1. The fourth-order valence-electron chi connectivity index (χ4n) is 3.51. The Morgan fingerprint density at radius 1 is 1.17 bits per heavy atom. The maximum atomic E-state index is 13.2. The molecule has 154 valence electrons. The molecule has 1 aliphatic heterocycles. The van der Waals surface area contributed by atoms with Gasteiger partial charge in [-0.05, 0) is 36.4 Å². The van der Waals surface area contributed by atoms with Crippen LogP contribution >= 0.6 is 0 Å². The molecular formula is C21H26FN4O3+. The summed E-state index contributed by atoms with van der Waals surface area (Å²) >= 11 is 0. The lowest BCUT2D eigenvalue weighted by Gasteiger charge is -2.37. The molecule has 1 fully saturated rings. The fraction of sp³-hybridized carbons (Fsp3) is 0.333. The number of furan rings is 1. The molecule has 2 heterocycles. The summed E-state index contributed by atoms with van der Waals surface area (Å²) in [4.78, 5) is 27.3. The second-order valence-electron chi connectivity index (χ2n) is 6.90. The number of amides is 2. The molecule has 7 nitrogen and oxygen atoms in total. The number of quaternary nitrogens is 1. The van der Waals surface area contributed by atoms with E-state index in [9.17, 15) is 14.0 Å². The van der Waals surface area contributed by atoms with Crippen molar-refractivity contribution >= 4 is 17.5 Å². The van der Waals surface area contributed by atoms with Gasteiger partial charge in [0.15, 0.2) is 11.8 Å². The van der Waals surface area contributed by atoms with Gasteiger partial charge in [-0.1, -0.05) is 6.08 Å². The van der Waals surface area contributed by atoms with Crippen LogP contribution in [-0.4, -0.2) is 51.1 Å². The Morgan fingerprint density at radius 3 is 2.48 bits per heavy atom. The predicted molar refractivity (Wildman–Crippen MR) is 107 cm³/mol. The summed E-state index contributed by atoms with van der Waals surface area (Å²) < 4.78 is 18.7. The van der Waals surface area contributed by atoms with E-state index >= 15 is 0 Å². The monoisotopic (exact) mass is 401 g/mol. The number of anilines is 1. The molecule has 1 aliphatic rings. The molecule has 1 atom stereocenters. The summed E-state index contributed by atoms with van der Waals surface area (Å²) in [6.07, 6.45) is 3.12. The third kappa shape index (κ3) is 5.45. The zero-order chi connectivity index (χ0) is 20.6. The lowest BCUT2D eigenvalue weighted by molar-refractivity contribution is -0.932. The average molecular weight is 401 g/mol. The summed E-state index contributed by atoms with van der Waals surface area (Å²) in [7, 11) is 0. The Hall–Kier alpha value is -3.13. The van der Waals surface area contributed by atoms with Crippen molar-refractivity contribution in [1.82, 2.24) is 10.6 Å². The van der Waals surface area contributed by atoms with Crippen LogP contribution in [0.5, 0.6) is 0 Å². The predicted octanol–water partition coefficient (Wildman–Crippen LogP) is 0.283. The Morgan fingerprint density at radius 2 is 1.86 bits per heavy atom. The highest BCUT2D eigenvalue weighted by molar-refractivity contribution is 6.35. The Labute approximate surface area is 169 Å². The van der Waals surface area contributed by atoms with Crippen molar-refractivity contribution in [2.45, 2.75) is 6.04 Å². The number of carbonyl (C=O) groups excluding carboxylic acids is 2. The number of hydrogen-bond acceptors (Lipinski definition) is 4.